The van der Waals surface area contributed by atoms with Gasteiger partial charge >= 0.3 is 0 Å². The first-order valence-corrected chi connectivity index (χ1v) is 11.3. The number of fused-ring (bicyclic) bond motifs is 1. The molecule has 0 saturated carbocycles. The number of allylic oxidation sites excluding steroid dienone is 2. The number of amides is 3. The molecular weight excluding hydrogens is 400 g/mol. The van der Waals surface area contributed by atoms with Crippen molar-refractivity contribution in [3.8, 4) is 0 Å². The van der Waals surface area contributed by atoms with E-state index in [0.717, 1.165) is 0 Å². The number of imide groups is 1. The van der Waals surface area contributed by atoms with E-state index < -0.39 is 12.1 Å². The van der Waals surface area contributed by atoms with Gasteiger partial charge in [0.1, 0.15) is 6.04 Å². The molecule has 1 heterocycles. The van der Waals surface area contributed by atoms with Crippen LogP contribution in [0, 0.1) is 17.8 Å². The Morgan fingerprint density at radius 3 is 2.23 bits per heavy atom. The smallest absolute Gasteiger partial charge is 0.245 e. The Bertz CT molecular complexity index is 636. The predicted octanol–water partition coefficient (Wildman–Crippen LogP) is 1.61. The van der Waals surface area contributed by atoms with Crippen LogP contribution in [-0.2, 0) is 23.9 Å². The second kappa shape index (κ2) is 11.7. The van der Waals surface area contributed by atoms with Crippen LogP contribution < -0.4 is 0 Å². The summed E-state index contributed by atoms with van der Waals surface area (Å²) in [4.78, 5) is 41.8. The minimum atomic E-state index is -0.871. The highest BCUT2D eigenvalue weighted by Gasteiger charge is 2.51. The molecule has 1 saturated heterocycles. The number of likely N-dealkylation sites (tertiary alicyclic amines) is 1. The fraction of sp³-hybridized carbons (Fsp3) is 0.783. The van der Waals surface area contributed by atoms with Gasteiger partial charge in [0.15, 0.2) is 0 Å². The van der Waals surface area contributed by atoms with Crippen LogP contribution in [0.3, 0.4) is 0 Å². The van der Waals surface area contributed by atoms with Crippen molar-refractivity contribution in [3.05, 3.63) is 12.2 Å². The molecule has 2 aliphatic rings. The molecule has 8 nitrogen and oxygen atoms in total. The summed E-state index contributed by atoms with van der Waals surface area (Å²) in [5, 5.41) is 10.3. The third-order valence-electron chi connectivity index (χ3n) is 5.68. The van der Waals surface area contributed by atoms with Gasteiger partial charge in [0.2, 0.25) is 17.7 Å². The van der Waals surface area contributed by atoms with Crippen LogP contribution in [-0.4, -0.2) is 84.3 Å². The molecule has 2 rings (SSSR count). The van der Waals surface area contributed by atoms with E-state index in [1.165, 1.54) is 9.80 Å². The highest BCUT2D eigenvalue weighted by molar-refractivity contribution is 6.08. The zero-order valence-electron chi connectivity index (χ0n) is 19.5. The van der Waals surface area contributed by atoms with Gasteiger partial charge in [-0.2, -0.15) is 0 Å². The first-order valence-electron chi connectivity index (χ1n) is 11.3. The number of ether oxygens (including phenoxy) is 2. The molecule has 1 aliphatic carbocycles. The quantitative estimate of drug-likeness (QED) is 0.283. The minimum absolute atomic E-state index is 0.0586. The third-order valence-corrected chi connectivity index (χ3v) is 5.68. The summed E-state index contributed by atoms with van der Waals surface area (Å²) < 4.78 is 10.8. The van der Waals surface area contributed by atoms with Crippen molar-refractivity contribution in [1.82, 2.24) is 9.80 Å². The average molecular weight is 439 g/mol. The molecule has 0 spiro atoms. The van der Waals surface area contributed by atoms with Crippen molar-refractivity contribution in [2.75, 3.05) is 33.4 Å². The number of rotatable bonds is 12. The first-order chi connectivity index (χ1) is 14.6. The SMILES string of the molecule is CC(C)C[C@H](C(=O)N(C)C[C@H](O)COCCOC(C)C)N1C(=O)[C@H]2CC=CC[C@H]2C1=O. The molecule has 0 aromatic rings. The van der Waals surface area contributed by atoms with Crippen molar-refractivity contribution in [2.45, 2.75) is 65.2 Å². The lowest BCUT2D eigenvalue weighted by Gasteiger charge is -2.31. The van der Waals surface area contributed by atoms with Crippen molar-refractivity contribution in [1.29, 1.82) is 0 Å². The molecule has 0 aromatic heterocycles. The third kappa shape index (κ3) is 6.85. The summed E-state index contributed by atoms with van der Waals surface area (Å²) in [7, 11) is 1.58. The van der Waals surface area contributed by atoms with Crippen molar-refractivity contribution in [3.63, 3.8) is 0 Å². The van der Waals surface area contributed by atoms with Crippen LogP contribution in [0.1, 0.15) is 47.0 Å². The van der Waals surface area contributed by atoms with Gasteiger partial charge in [-0.05, 0) is 39.0 Å². The van der Waals surface area contributed by atoms with Gasteiger partial charge in [-0.25, -0.2) is 0 Å². The second-order valence-corrected chi connectivity index (χ2v) is 9.21. The largest absolute Gasteiger partial charge is 0.389 e. The van der Waals surface area contributed by atoms with Gasteiger partial charge in [-0.3, -0.25) is 19.3 Å². The highest BCUT2D eigenvalue weighted by atomic mass is 16.5. The summed E-state index contributed by atoms with van der Waals surface area (Å²) in [6, 6.07) is -0.844. The second-order valence-electron chi connectivity index (χ2n) is 9.21. The normalized spacial score (nSPS) is 22.9. The molecule has 1 fully saturated rings. The van der Waals surface area contributed by atoms with E-state index in [1.807, 2.05) is 39.8 Å². The first kappa shape index (κ1) is 25.5. The molecule has 8 heteroatoms. The Hall–Kier alpha value is -1.77. The van der Waals surface area contributed by atoms with Gasteiger partial charge < -0.3 is 19.5 Å². The molecule has 0 bridgehead atoms. The fourth-order valence-electron chi connectivity index (χ4n) is 4.17. The number of nitrogens with zero attached hydrogens (tertiary/aromatic N) is 2. The predicted molar refractivity (Wildman–Crippen MR) is 116 cm³/mol. The molecule has 3 amide bonds. The Morgan fingerprint density at radius 1 is 1.13 bits per heavy atom. The molecule has 31 heavy (non-hydrogen) atoms. The van der Waals surface area contributed by atoms with Crippen LogP contribution in [0.15, 0.2) is 12.2 Å². The van der Waals surface area contributed by atoms with E-state index in [2.05, 4.69) is 0 Å². The van der Waals surface area contributed by atoms with E-state index in [9.17, 15) is 19.5 Å². The lowest BCUT2D eigenvalue weighted by atomic mass is 9.85. The van der Waals surface area contributed by atoms with Crippen LogP contribution >= 0.6 is 0 Å². The minimum Gasteiger partial charge on any atom is -0.389 e. The summed E-state index contributed by atoms with van der Waals surface area (Å²) in [5.74, 6) is -1.43. The maximum Gasteiger partial charge on any atom is 0.245 e. The standard InChI is InChI=1S/C23H38N2O6/c1-15(2)12-20(25-21(27)18-8-6-7-9-19(18)22(25)28)23(29)24(5)13-17(26)14-30-10-11-31-16(3)4/h6-7,15-20,26H,8-14H2,1-5H3/t17-,18-,19+,20+/m0/s1. The summed E-state index contributed by atoms with van der Waals surface area (Å²) in [5.41, 5.74) is 0. The number of hydrogen-bond donors (Lipinski definition) is 1. The lowest BCUT2D eigenvalue weighted by Crippen LogP contribution is -2.52. The van der Waals surface area contributed by atoms with Crippen LogP contribution in [0.2, 0.25) is 0 Å². The summed E-state index contributed by atoms with van der Waals surface area (Å²) in [6.45, 7) is 8.72. The average Bonchev–Trinajstić information content (AvgIpc) is 2.95. The van der Waals surface area contributed by atoms with Gasteiger partial charge in [0.25, 0.3) is 0 Å². The van der Waals surface area contributed by atoms with E-state index in [-0.39, 0.29) is 54.7 Å². The van der Waals surface area contributed by atoms with E-state index >= 15 is 0 Å². The maximum absolute atomic E-state index is 13.2. The Kier molecular flexibility index (Phi) is 9.65. The lowest BCUT2D eigenvalue weighted by molar-refractivity contribution is -0.152. The molecule has 0 radical (unpaired) electrons. The van der Waals surface area contributed by atoms with Gasteiger partial charge in [-0.1, -0.05) is 26.0 Å². The van der Waals surface area contributed by atoms with Crippen molar-refractivity contribution in [2.24, 2.45) is 17.8 Å². The van der Waals surface area contributed by atoms with Gasteiger partial charge in [0, 0.05) is 13.6 Å². The summed E-state index contributed by atoms with van der Waals surface area (Å²) in [6.07, 6.45) is 4.59. The zero-order chi connectivity index (χ0) is 23.1. The van der Waals surface area contributed by atoms with E-state index in [0.29, 0.717) is 32.5 Å². The zero-order valence-corrected chi connectivity index (χ0v) is 19.5. The molecular formula is C23H38N2O6. The Balaban J connectivity index is 1.97. The van der Waals surface area contributed by atoms with Gasteiger partial charge in [-0.15, -0.1) is 0 Å². The summed E-state index contributed by atoms with van der Waals surface area (Å²) >= 11 is 0. The van der Waals surface area contributed by atoms with E-state index in [4.69, 9.17) is 9.47 Å². The molecule has 0 unspecified atom stereocenters. The number of carbonyl (C=O) groups excluding carboxylic acids is 3. The van der Waals surface area contributed by atoms with Crippen molar-refractivity contribution < 1.29 is 29.0 Å². The number of carbonyl (C=O) groups is 3. The monoisotopic (exact) mass is 438 g/mol. The van der Waals surface area contributed by atoms with Crippen LogP contribution in [0.25, 0.3) is 0 Å². The number of hydrogen-bond acceptors (Lipinski definition) is 6. The fourth-order valence-corrected chi connectivity index (χ4v) is 4.17. The number of aliphatic hydroxyl groups excluding tert-OH is 1. The number of aliphatic hydroxyl groups is 1. The van der Waals surface area contributed by atoms with Crippen LogP contribution in [0.5, 0.6) is 0 Å². The molecule has 1 aliphatic heterocycles. The highest BCUT2D eigenvalue weighted by Crippen LogP contribution is 2.37. The van der Waals surface area contributed by atoms with Crippen molar-refractivity contribution >= 4 is 17.7 Å². The molecule has 1 N–H and O–H groups in total. The van der Waals surface area contributed by atoms with E-state index in [1.54, 1.807) is 7.05 Å². The van der Waals surface area contributed by atoms with Crippen LogP contribution in [0.4, 0.5) is 0 Å². The molecule has 4 atom stereocenters. The Labute approximate surface area is 185 Å². The Morgan fingerprint density at radius 2 is 1.71 bits per heavy atom. The molecule has 176 valence electrons. The van der Waals surface area contributed by atoms with Gasteiger partial charge in [0.05, 0.1) is 43.9 Å². The maximum atomic E-state index is 13.2. The number of likely N-dealkylation sites (N-methyl/N-ethyl adjacent to an activating group) is 1. The molecule has 0 aromatic carbocycles. The topological polar surface area (TPSA) is 96.4 Å².